The summed E-state index contributed by atoms with van der Waals surface area (Å²) >= 11 is 1.63. The summed E-state index contributed by atoms with van der Waals surface area (Å²) in [5, 5.41) is 11.2. The van der Waals surface area contributed by atoms with Gasteiger partial charge in [-0.25, -0.2) is 9.97 Å². The van der Waals surface area contributed by atoms with Gasteiger partial charge in [0, 0.05) is 5.56 Å². The van der Waals surface area contributed by atoms with Gasteiger partial charge in [0.05, 0.1) is 22.5 Å². The van der Waals surface area contributed by atoms with Crippen molar-refractivity contribution in [2.75, 3.05) is 0 Å². The third-order valence-electron chi connectivity index (χ3n) is 2.63. The van der Waals surface area contributed by atoms with Crippen LogP contribution in [-0.2, 0) is 6.61 Å². The van der Waals surface area contributed by atoms with Gasteiger partial charge in [0.25, 0.3) is 0 Å². The van der Waals surface area contributed by atoms with Crippen molar-refractivity contribution in [3.63, 3.8) is 0 Å². The molecular formula is C13H10N2OS. The van der Waals surface area contributed by atoms with Gasteiger partial charge < -0.3 is 5.11 Å². The maximum atomic E-state index is 9.15. The molecule has 0 unspecified atom stereocenters. The minimum atomic E-state index is 0.0481. The molecule has 0 saturated heterocycles. The number of thiophene rings is 1. The first-order chi connectivity index (χ1) is 8.38. The van der Waals surface area contributed by atoms with Crippen molar-refractivity contribution in [2.45, 2.75) is 6.61 Å². The topological polar surface area (TPSA) is 46.0 Å². The predicted molar refractivity (Wildman–Crippen MR) is 68.8 cm³/mol. The second-order valence-corrected chi connectivity index (χ2v) is 4.63. The van der Waals surface area contributed by atoms with Crippen LogP contribution in [0.5, 0.6) is 0 Å². The minimum Gasteiger partial charge on any atom is -0.392 e. The number of benzene rings is 1. The Morgan fingerprint density at radius 2 is 2.12 bits per heavy atom. The Kier molecular flexibility index (Phi) is 2.59. The Hall–Kier alpha value is -1.78. The average molecular weight is 242 g/mol. The molecule has 0 radical (unpaired) electrons. The number of nitrogens with zero attached hydrogens (tertiary/aromatic N) is 2. The zero-order chi connectivity index (χ0) is 11.7. The van der Waals surface area contributed by atoms with Gasteiger partial charge in [-0.05, 0) is 23.1 Å². The van der Waals surface area contributed by atoms with Crippen molar-refractivity contribution in [3.05, 3.63) is 47.6 Å². The van der Waals surface area contributed by atoms with Crippen molar-refractivity contribution in [2.24, 2.45) is 0 Å². The van der Waals surface area contributed by atoms with E-state index in [0.29, 0.717) is 0 Å². The first kappa shape index (κ1) is 10.4. The van der Waals surface area contributed by atoms with Crippen LogP contribution in [0.1, 0.15) is 5.56 Å². The number of rotatable bonds is 2. The third-order valence-corrected chi connectivity index (χ3v) is 3.54. The van der Waals surface area contributed by atoms with Crippen molar-refractivity contribution >= 4 is 21.6 Å². The summed E-state index contributed by atoms with van der Waals surface area (Å²) in [6.45, 7) is 0.0481. The van der Waals surface area contributed by atoms with Crippen LogP contribution in [0.3, 0.4) is 0 Å². The fraction of sp³-hybridized carbons (Fsp3) is 0.0769. The zero-order valence-corrected chi connectivity index (χ0v) is 9.81. The standard InChI is InChI=1S/C13H10N2OS/c16-7-9-2-1-3-10(6-9)12-13-11(4-5-17-13)14-8-15-12/h1-6,8,16H,7H2. The first-order valence-electron chi connectivity index (χ1n) is 5.27. The lowest BCUT2D eigenvalue weighted by atomic mass is 10.1. The summed E-state index contributed by atoms with van der Waals surface area (Å²) in [5.41, 5.74) is 3.81. The van der Waals surface area contributed by atoms with Gasteiger partial charge in [-0.1, -0.05) is 18.2 Å². The zero-order valence-electron chi connectivity index (χ0n) is 9.00. The van der Waals surface area contributed by atoms with Crippen LogP contribution in [0.2, 0.25) is 0 Å². The van der Waals surface area contributed by atoms with Gasteiger partial charge in [-0.15, -0.1) is 11.3 Å². The largest absolute Gasteiger partial charge is 0.392 e. The Morgan fingerprint density at radius 1 is 1.18 bits per heavy atom. The Morgan fingerprint density at radius 3 is 3.00 bits per heavy atom. The smallest absolute Gasteiger partial charge is 0.116 e. The van der Waals surface area contributed by atoms with E-state index in [9.17, 15) is 0 Å². The average Bonchev–Trinajstić information content (AvgIpc) is 2.87. The molecule has 2 aromatic heterocycles. The fourth-order valence-corrected chi connectivity index (χ4v) is 2.67. The summed E-state index contributed by atoms with van der Waals surface area (Å²) in [6.07, 6.45) is 1.58. The number of aromatic nitrogens is 2. The quantitative estimate of drug-likeness (QED) is 0.751. The number of hydrogen-bond donors (Lipinski definition) is 1. The normalized spacial score (nSPS) is 10.9. The summed E-state index contributed by atoms with van der Waals surface area (Å²) < 4.78 is 1.09. The second kappa shape index (κ2) is 4.24. The minimum absolute atomic E-state index is 0.0481. The molecule has 0 aliphatic heterocycles. The molecule has 84 valence electrons. The molecule has 3 aromatic rings. The van der Waals surface area contributed by atoms with E-state index in [-0.39, 0.29) is 6.61 Å². The molecule has 1 aromatic carbocycles. The van der Waals surface area contributed by atoms with Gasteiger partial charge in [-0.2, -0.15) is 0 Å². The highest BCUT2D eigenvalue weighted by molar-refractivity contribution is 7.17. The molecule has 0 aliphatic rings. The highest BCUT2D eigenvalue weighted by atomic mass is 32.1. The Labute approximate surface area is 102 Å². The molecule has 1 N–H and O–H groups in total. The van der Waals surface area contributed by atoms with E-state index >= 15 is 0 Å². The number of aliphatic hydroxyl groups excluding tert-OH is 1. The van der Waals surface area contributed by atoms with E-state index < -0.39 is 0 Å². The van der Waals surface area contributed by atoms with Crippen molar-refractivity contribution in [1.29, 1.82) is 0 Å². The van der Waals surface area contributed by atoms with E-state index in [1.807, 2.05) is 35.7 Å². The van der Waals surface area contributed by atoms with Crippen LogP contribution in [0.4, 0.5) is 0 Å². The molecular weight excluding hydrogens is 232 g/mol. The molecule has 0 aliphatic carbocycles. The van der Waals surface area contributed by atoms with Crippen molar-refractivity contribution < 1.29 is 5.11 Å². The van der Waals surface area contributed by atoms with E-state index in [4.69, 9.17) is 5.11 Å². The van der Waals surface area contributed by atoms with Crippen molar-refractivity contribution in [3.8, 4) is 11.3 Å². The lowest BCUT2D eigenvalue weighted by Gasteiger charge is -2.03. The Bertz CT molecular complexity index is 663. The van der Waals surface area contributed by atoms with Crippen molar-refractivity contribution in [1.82, 2.24) is 9.97 Å². The molecule has 2 heterocycles. The summed E-state index contributed by atoms with van der Waals surface area (Å²) in [6, 6.07) is 9.78. The Balaban J connectivity index is 2.23. The second-order valence-electron chi connectivity index (χ2n) is 3.72. The summed E-state index contributed by atoms with van der Waals surface area (Å²) in [4.78, 5) is 8.56. The lowest BCUT2D eigenvalue weighted by molar-refractivity contribution is 0.282. The SMILES string of the molecule is OCc1cccc(-c2ncnc3ccsc23)c1. The monoisotopic (exact) mass is 242 g/mol. The van der Waals surface area contributed by atoms with Gasteiger partial charge in [0.1, 0.15) is 6.33 Å². The number of fused-ring (bicyclic) bond motifs is 1. The molecule has 0 amide bonds. The maximum Gasteiger partial charge on any atom is 0.116 e. The van der Waals surface area contributed by atoms with Crippen LogP contribution in [-0.4, -0.2) is 15.1 Å². The van der Waals surface area contributed by atoms with Crippen LogP contribution < -0.4 is 0 Å². The van der Waals surface area contributed by atoms with E-state index in [2.05, 4.69) is 9.97 Å². The molecule has 0 bridgehead atoms. The van der Waals surface area contributed by atoms with E-state index in [1.165, 1.54) is 0 Å². The number of aliphatic hydroxyl groups is 1. The fourth-order valence-electron chi connectivity index (χ4n) is 1.81. The van der Waals surface area contributed by atoms with Gasteiger partial charge >= 0.3 is 0 Å². The van der Waals surface area contributed by atoms with E-state index in [0.717, 1.165) is 27.0 Å². The van der Waals surface area contributed by atoms with Crippen LogP contribution in [0.15, 0.2) is 42.0 Å². The highest BCUT2D eigenvalue weighted by Gasteiger charge is 2.07. The van der Waals surface area contributed by atoms with Gasteiger partial charge in [0.15, 0.2) is 0 Å². The predicted octanol–water partition coefficient (Wildman–Crippen LogP) is 2.85. The maximum absolute atomic E-state index is 9.15. The molecule has 0 spiro atoms. The molecule has 4 heteroatoms. The molecule has 17 heavy (non-hydrogen) atoms. The van der Waals surface area contributed by atoms with Crippen LogP contribution in [0.25, 0.3) is 21.5 Å². The van der Waals surface area contributed by atoms with Gasteiger partial charge in [-0.3, -0.25) is 0 Å². The summed E-state index contributed by atoms with van der Waals surface area (Å²) in [7, 11) is 0. The molecule has 3 nitrogen and oxygen atoms in total. The van der Waals surface area contributed by atoms with Crippen LogP contribution in [0, 0.1) is 0 Å². The highest BCUT2D eigenvalue weighted by Crippen LogP contribution is 2.29. The molecule has 3 rings (SSSR count). The molecule has 0 saturated carbocycles. The van der Waals surface area contributed by atoms with E-state index in [1.54, 1.807) is 17.7 Å². The van der Waals surface area contributed by atoms with Gasteiger partial charge in [0.2, 0.25) is 0 Å². The third kappa shape index (κ3) is 1.81. The number of hydrogen-bond acceptors (Lipinski definition) is 4. The molecule has 0 atom stereocenters. The first-order valence-corrected chi connectivity index (χ1v) is 6.15. The van der Waals surface area contributed by atoms with Crippen LogP contribution >= 0.6 is 11.3 Å². The lowest BCUT2D eigenvalue weighted by Crippen LogP contribution is -1.88. The molecule has 0 fully saturated rings. The summed E-state index contributed by atoms with van der Waals surface area (Å²) in [5.74, 6) is 0.